The molecule has 2 rings (SSSR count). The van der Waals surface area contributed by atoms with Crippen molar-refractivity contribution in [2.24, 2.45) is 0 Å². The SMILES string of the molecule is C=C(C)C(=O)NC(C)(CC(c1ccccc1)N(CC)CC)c1ccccc1. The summed E-state index contributed by atoms with van der Waals surface area (Å²) in [6.07, 6.45) is 0.779. The highest BCUT2D eigenvalue weighted by Gasteiger charge is 2.34. The minimum absolute atomic E-state index is 0.104. The Labute approximate surface area is 164 Å². The fourth-order valence-corrected chi connectivity index (χ4v) is 3.59. The Kier molecular flexibility index (Phi) is 7.37. The van der Waals surface area contributed by atoms with Gasteiger partial charge in [0.05, 0.1) is 5.54 Å². The first kappa shape index (κ1) is 20.9. The number of carbonyl (C=O) groups is 1. The minimum atomic E-state index is -0.500. The van der Waals surface area contributed by atoms with Gasteiger partial charge in [0.25, 0.3) is 0 Å². The smallest absolute Gasteiger partial charge is 0.247 e. The molecule has 0 aromatic heterocycles. The number of nitrogens with one attached hydrogen (secondary N) is 1. The maximum atomic E-state index is 12.5. The summed E-state index contributed by atoms with van der Waals surface area (Å²) in [5.41, 5.74) is 2.40. The van der Waals surface area contributed by atoms with E-state index in [1.807, 2.05) is 24.3 Å². The summed E-state index contributed by atoms with van der Waals surface area (Å²) < 4.78 is 0. The van der Waals surface area contributed by atoms with Gasteiger partial charge in [0.15, 0.2) is 0 Å². The lowest BCUT2D eigenvalue weighted by Gasteiger charge is -2.39. The van der Waals surface area contributed by atoms with Crippen LogP contribution in [-0.4, -0.2) is 23.9 Å². The summed E-state index contributed by atoms with van der Waals surface area (Å²) in [5, 5.41) is 3.25. The van der Waals surface area contributed by atoms with Crippen LogP contribution < -0.4 is 5.32 Å². The summed E-state index contributed by atoms with van der Waals surface area (Å²) in [4.78, 5) is 15.0. The van der Waals surface area contributed by atoms with Gasteiger partial charge in [-0.15, -0.1) is 0 Å². The van der Waals surface area contributed by atoms with Crippen LogP contribution in [0.25, 0.3) is 0 Å². The zero-order valence-electron chi connectivity index (χ0n) is 17.0. The van der Waals surface area contributed by atoms with Crippen molar-refractivity contribution in [3.63, 3.8) is 0 Å². The van der Waals surface area contributed by atoms with Crippen molar-refractivity contribution in [1.29, 1.82) is 0 Å². The van der Waals surface area contributed by atoms with Crippen LogP contribution in [0.2, 0.25) is 0 Å². The van der Waals surface area contributed by atoms with E-state index in [4.69, 9.17) is 0 Å². The van der Waals surface area contributed by atoms with E-state index in [2.05, 4.69) is 74.0 Å². The van der Waals surface area contributed by atoms with Gasteiger partial charge in [-0.25, -0.2) is 0 Å². The highest BCUT2D eigenvalue weighted by Crippen LogP contribution is 2.35. The monoisotopic (exact) mass is 364 g/mol. The Morgan fingerprint density at radius 2 is 1.56 bits per heavy atom. The topological polar surface area (TPSA) is 32.3 Å². The molecule has 3 nitrogen and oxygen atoms in total. The van der Waals surface area contributed by atoms with Gasteiger partial charge in [-0.05, 0) is 44.5 Å². The quantitative estimate of drug-likeness (QED) is 0.630. The number of benzene rings is 2. The van der Waals surface area contributed by atoms with Crippen LogP contribution in [0.1, 0.15) is 51.3 Å². The lowest BCUT2D eigenvalue weighted by atomic mass is 9.82. The molecule has 0 spiro atoms. The third-order valence-electron chi connectivity index (χ3n) is 5.23. The largest absolute Gasteiger partial charge is 0.343 e. The Balaban J connectivity index is 2.46. The summed E-state index contributed by atoms with van der Waals surface area (Å²) >= 11 is 0. The van der Waals surface area contributed by atoms with Crippen molar-refractivity contribution in [1.82, 2.24) is 10.2 Å². The van der Waals surface area contributed by atoms with E-state index in [1.54, 1.807) is 6.92 Å². The lowest BCUT2D eigenvalue weighted by Crippen LogP contribution is -2.47. The summed E-state index contributed by atoms with van der Waals surface area (Å²) in [6, 6.07) is 21.0. The maximum absolute atomic E-state index is 12.5. The predicted molar refractivity (Wildman–Crippen MR) is 113 cm³/mol. The number of hydrogen-bond donors (Lipinski definition) is 1. The normalized spacial score (nSPS) is 14.4. The van der Waals surface area contributed by atoms with Crippen molar-refractivity contribution in [2.45, 2.75) is 45.7 Å². The van der Waals surface area contributed by atoms with Crippen LogP contribution in [0.15, 0.2) is 72.8 Å². The molecule has 0 saturated heterocycles. The van der Waals surface area contributed by atoms with Gasteiger partial charge >= 0.3 is 0 Å². The molecule has 0 aliphatic carbocycles. The molecule has 3 heteroatoms. The van der Waals surface area contributed by atoms with Crippen LogP contribution in [0, 0.1) is 0 Å². The van der Waals surface area contributed by atoms with Gasteiger partial charge in [-0.3, -0.25) is 9.69 Å². The highest BCUT2D eigenvalue weighted by molar-refractivity contribution is 5.92. The van der Waals surface area contributed by atoms with Gasteiger partial charge in [0.1, 0.15) is 0 Å². The van der Waals surface area contributed by atoms with Crippen LogP contribution in [0.5, 0.6) is 0 Å². The maximum Gasteiger partial charge on any atom is 0.247 e. The zero-order valence-corrected chi connectivity index (χ0v) is 17.0. The van der Waals surface area contributed by atoms with Crippen LogP contribution >= 0.6 is 0 Å². The second kappa shape index (κ2) is 9.52. The van der Waals surface area contributed by atoms with Crippen LogP contribution in [-0.2, 0) is 10.3 Å². The van der Waals surface area contributed by atoms with Gasteiger partial charge in [-0.2, -0.15) is 0 Å². The van der Waals surface area contributed by atoms with E-state index in [9.17, 15) is 4.79 Å². The number of carbonyl (C=O) groups excluding carboxylic acids is 1. The molecule has 2 aromatic rings. The van der Waals surface area contributed by atoms with Gasteiger partial charge in [0.2, 0.25) is 5.91 Å². The fourth-order valence-electron chi connectivity index (χ4n) is 3.59. The Morgan fingerprint density at radius 1 is 1.04 bits per heavy atom. The Hall–Kier alpha value is -2.39. The molecule has 0 aliphatic heterocycles. The van der Waals surface area contributed by atoms with Crippen molar-refractivity contribution >= 4 is 5.91 Å². The first-order valence-corrected chi connectivity index (χ1v) is 9.73. The standard InChI is InChI=1S/C24H32N2O/c1-6-26(7-2)22(20-14-10-8-11-15-20)18-24(5,25-23(27)19(3)4)21-16-12-9-13-17-21/h8-17,22H,3,6-7,18H2,1-2,4-5H3,(H,25,27). The van der Waals surface area contributed by atoms with E-state index in [0.29, 0.717) is 5.57 Å². The third kappa shape index (κ3) is 5.30. The molecule has 0 saturated carbocycles. The molecule has 1 amide bonds. The van der Waals surface area contributed by atoms with Crippen molar-refractivity contribution in [3.8, 4) is 0 Å². The number of rotatable bonds is 9. The van der Waals surface area contributed by atoms with E-state index < -0.39 is 5.54 Å². The highest BCUT2D eigenvalue weighted by atomic mass is 16.1. The van der Waals surface area contributed by atoms with E-state index in [-0.39, 0.29) is 11.9 Å². The molecule has 0 fully saturated rings. The van der Waals surface area contributed by atoms with Crippen LogP contribution in [0.3, 0.4) is 0 Å². The third-order valence-corrected chi connectivity index (χ3v) is 5.23. The van der Waals surface area contributed by atoms with Crippen molar-refractivity contribution < 1.29 is 4.79 Å². The number of nitrogens with zero attached hydrogens (tertiary/aromatic N) is 1. The van der Waals surface area contributed by atoms with Crippen LogP contribution in [0.4, 0.5) is 0 Å². The molecule has 2 aromatic carbocycles. The molecule has 0 heterocycles. The molecular formula is C24H32N2O. The summed E-state index contributed by atoms with van der Waals surface area (Å²) in [7, 11) is 0. The second-order valence-corrected chi connectivity index (χ2v) is 7.28. The average molecular weight is 365 g/mol. The van der Waals surface area contributed by atoms with Gasteiger partial charge in [-0.1, -0.05) is 81.1 Å². The lowest BCUT2D eigenvalue weighted by molar-refractivity contribution is -0.119. The molecule has 2 atom stereocenters. The van der Waals surface area contributed by atoms with Crippen molar-refractivity contribution in [2.75, 3.05) is 13.1 Å². The predicted octanol–water partition coefficient (Wildman–Crippen LogP) is 5.07. The average Bonchev–Trinajstić information content (AvgIpc) is 2.69. The van der Waals surface area contributed by atoms with E-state index in [0.717, 1.165) is 25.1 Å². The molecule has 27 heavy (non-hydrogen) atoms. The molecule has 0 bridgehead atoms. The summed E-state index contributed by atoms with van der Waals surface area (Å²) in [5.74, 6) is -0.104. The van der Waals surface area contributed by atoms with Crippen molar-refractivity contribution in [3.05, 3.63) is 83.9 Å². The first-order valence-electron chi connectivity index (χ1n) is 9.73. The molecule has 1 N–H and O–H groups in total. The molecular weight excluding hydrogens is 332 g/mol. The van der Waals surface area contributed by atoms with E-state index in [1.165, 1.54) is 5.56 Å². The summed E-state index contributed by atoms with van der Waals surface area (Å²) in [6.45, 7) is 14.0. The van der Waals surface area contributed by atoms with Gasteiger partial charge in [0, 0.05) is 11.6 Å². The molecule has 0 radical (unpaired) electrons. The zero-order chi connectivity index (χ0) is 19.9. The molecule has 2 unspecified atom stereocenters. The number of amides is 1. The van der Waals surface area contributed by atoms with E-state index >= 15 is 0 Å². The fraction of sp³-hybridized carbons (Fsp3) is 0.375. The first-order chi connectivity index (χ1) is 12.9. The van der Waals surface area contributed by atoms with Gasteiger partial charge < -0.3 is 5.32 Å². The Bertz CT molecular complexity index is 737. The minimum Gasteiger partial charge on any atom is -0.343 e. The number of hydrogen-bond acceptors (Lipinski definition) is 2. The second-order valence-electron chi connectivity index (χ2n) is 7.28. The molecule has 0 aliphatic rings. The Morgan fingerprint density at radius 3 is 2.04 bits per heavy atom. The molecule has 144 valence electrons.